The molecule has 0 aliphatic heterocycles. The van der Waals surface area contributed by atoms with Gasteiger partial charge in [0, 0.05) is 11.9 Å². The number of nitrogens with one attached hydrogen (secondary N) is 2. The van der Waals surface area contributed by atoms with Crippen LogP contribution in [0.2, 0.25) is 0 Å². The van der Waals surface area contributed by atoms with Crippen LogP contribution in [-0.4, -0.2) is 28.1 Å². The topological polar surface area (TPSA) is 79.8 Å². The lowest BCUT2D eigenvalue weighted by atomic mass is 10.3. The normalized spacial score (nSPS) is 10.3. The summed E-state index contributed by atoms with van der Waals surface area (Å²) in [4.78, 5) is 16.9. The molecule has 7 heteroatoms. The van der Waals surface area contributed by atoms with Gasteiger partial charge in [0.05, 0.1) is 17.2 Å². The van der Waals surface area contributed by atoms with Crippen LogP contribution in [0.15, 0.2) is 12.1 Å². The molecule has 0 fully saturated rings. The summed E-state index contributed by atoms with van der Waals surface area (Å²) >= 11 is 1.67. The van der Waals surface area contributed by atoms with Gasteiger partial charge in [0.2, 0.25) is 0 Å². The van der Waals surface area contributed by atoms with Crippen LogP contribution in [0.1, 0.15) is 26.1 Å². The number of hydrogen-bond acceptors (Lipinski definition) is 6. The van der Waals surface area contributed by atoms with Crippen molar-refractivity contribution in [2.24, 2.45) is 0 Å². The molecule has 2 aromatic heterocycles. The van der Waals surface area contributed by atoms with E-state index in [0.29, 0.717) is 18.1 Å². The molecule has 2 aromatic rings. The van der Waals surface area contributed by atoms with Gasteiger partial charge >= 0.3 is 0 Å². The average Bonchev–Trinajstić information content (AvgIpc) is 2.74. The van der Waals surface area contributed by atoms with E-state index >= 15 is 0 Å². The van der Waals surface area contributed by atoms with Crippen molar-refractivity contribution in [3.63, 3.8) is 0 Å². The van der Waals surface area contributed by atoms with Crippen molar-refractivity contribution in [3.05, 3.63) is 33.4 Å². The quantitative estimate of drug-likeness (QED) is 0.885. The van der Waals surface area contributed by atoms with Crippen molar-refractivity contribution >= 4 is 23.1 Å². The Morgan fingerprint density at radius 3 is 2.63 bits per heavy atom. The number of anilines is 1. The van der Waals surface area contributed by atoms with E-state index in [1.54, 1.807) is 30.5 Å². The molecule has 2 rings (SSSR count). The van der Waals surface area contributed by atoms with Gasteiger partial charge in [-0.3, -0.25) is 4.79 Å². The van der Waals surface area contributed by atoms with Gasteiger partial charge in [-0.25, -0.2) is 4.98 Å². The molecule has 0 unspecified atom stereocenters. The predicted octanol–water partition coefficient (Wildman–Crippen LogP) is 1.52. The maximum absolute atomic E-state index is 11.3. The molecule has 2 N–H and O–H groups in total. The van der Waals surface area contributed by atoms with Crippen LogP contribution in [-0.2, 0) is 6.54 Å². The molecule has 1 amide bonds. The first-order chi connectivity index (χ1) is 9.10. The zero-order valence-electron chi connectivity index (χ0n) is 11.0. The molecule has 0 saturated carbocycles. The third-order valence-corrected chi connectivity index (χ3v) is 3.49. The Labute approximate surface area is 115 Å². The van der Waals surface area contributed by atoms with Gasteiger partial charge in [-0.1, -0.05) is 0 Å². The lowest BCUT2D eigenvalue weighted by molar-refractivity contribution is 0.0957. The lowest BCUT2D eigenvalue weighted by Gasteiger charge is -2.04. The molecule has 0 radical (unpaired) electrons. The van der Waals surface area contributed by atoms with Crippen LogP contribution in [0.4, 0.5) is 5.82 Å². The second-order valence-corrected chi connectivity index (χ2v) is 5.38. The zero-order valence-corrected chi connectivity index (χ0v) is 11.8. The number of rotatable bonds is 4. The second kappa shape index (κ2) is 5.75. The molecular formula is C12H15N5OS. The number of nitrogens with zero attached hydrogens (tertiary/aromatic N) is 3. The first kappa shape index (κ1) is 13.4. The Hall–Kier alpha value is -2.02. The molecule has 0 saturated heterocycles. The van der Waals surface area contributed by atoms with Crippen molar-refractivity contribution in [2.75, 3.05) is 12.4 Å². The number of amides is 1. The van der Waals surface area contributed by atoms with E-state index in [1.165, 1.54) is 4.88 Å². The van der Waals surface area contributed by atoms with E-state index in [2.05, 4.69) is 25.8 Å². The number of aromatic nitrogens is 3. The third-order valence-electron chi connectivity index (χ3n) is 2.56. The van der Waals surface area contributed by atoms with Gasteiger partial charge in [-0.2, -0.15) is 0 Å². The van der Waals surface area contributed by atoms with E-state index in [9.17, 15) is 4.79 Å². The summed E-state index contributed by atoms with van der Waals surface area (Å²) in [6.45, 7) is 4.63. The zero-order chi connectivity index (χ0) is 13.8. The fraction of sp³-hybridized carbons (Fsp3) is 0.333. The number of hydrogen-bond donors (Lipinski definition) is 2. The summed E-state index contributed by atoms with van der Waals surface area (Å²) in [5.41, 5.74) is 1.31. The van der Waals surface area contributed by atoms with Crippen LogP contribution in [0, 0.1) is 13.8 Å². The first-order valence-electron chi connectivity index (χ1n) is 5.82. The number of thiazole rings is 1. The van der Waals surface area contributed by atoms with E-state index < -0.39 is 0 Å². The van der Waals surface area contributed by atoms with Crippen molar-refractivity contribution in [1.82, 2.24) is 20.5 Å². The molecule has 0 bridgehead atoms. The molecule has 0 spiro atoms. The summed E-state index contributed by atoms with van der Waals surface area (Å²) in [5.74, 6) is 0.378. The molecule has 2 heterocycles. The summed E-state index contributed by atoms with van der Waals surface area (Å²) in [6, 6.07) is 3.36. The van der Waals surface area contributed by atoms with E-state index in [1.807, 2.05) is 13.8 Å². The largest absolute Gasteiger partial charge is 0.363 e. The van der Waals surface area contributed by atoms with Crippen LogP contribution in [0.5, 0.6) is 0 Å². The van der Waals surface area contributed by atoms with Crippen LogP contribution < -0.4 is 10.6 Å². The monoisotopic (exact) mass is 277 g/mol. The van der Waals surface area contributed by atoms with Gasteiger partial charge in [0.25, 0.3) is 5.91 Å². The van der Waals surface area contributed by atoms with Gasteiger partial charge in [-0.15, -0.1) is 21.5 Å². The molecule has 0 aliphatic rings. The Bertz CT molecular complexity index is 578. The molecule has 0 aliphatic carbocycles. The van der Waals surface area contributed by atoms with Gasteiger partial charge in [0.1, 0.15) is 5.82 Å². The number of carbonyl (C=O) groups is 1. The van der Waals surface area contributed by atoms with E-state index in [4.69, 9.17) is 0 Å². The lowest BCUT2D eigenvalue weighted by Crippen LogP contribution is -2.19. The summed E-state index contributed by atoms with van der Waals surface area (Å²) in [7, 11) is 1.56. The van der Waals surface area contributed by atoms with Crippen molar-refractivity contribution in [2.45, 2.75) is 20.4 Å². The number of carbonyl (C=O) groups excluding carboxylic acids is 1. The highest BCUT2D eigenvalue weighted by Crippen LogP contribution is 2.17. The Morgan fingerprint density at radius 1 is 1.32 bits per heavy atom. The standard InChI is InChI=1S/C12H15N5OS/c1-7-10(15-8(2)19-7)6-14-11-5-4-9(16-17-11)12(18)13-3/h4-5H,6H2,1-3H3,(H,13,18)(H,14,17). The molecular weight excluding hydrogens is 262 g/mol. The Balaban J connectivity index is 2.00. The summed E-state index contributed by atoms with van der Waals surface area (Å²) < 4.78 is 0. The van der Waals surface area contributed by atoms with Crippen LogP contribution in [0.25, 0.3) is 0 Å². The highest BCUT2D eigenvalue weighted by molar-refractivity contribution is 7.11. The first-order valence-corrected chi connectivity index (χ1v) is 6.64. The molecule has 6 nitrogen and oxygen atoms in total. The maximum atomic E-state index is 11.3. The Kier molecular flexibility index (Phi) is 4.06. The highest BCUT2D eigenvalue weighted by Gasteiger charge is 2.07. The predicted molar refractivity (Wildman–Crippen MR) is 74.3 cm³/mol. The van der Waals surface area contributed by atoms with Gasteiger partial charge < -0.3 is 10.6 Å². The fourth-order valence-corrected chi connectivity index (χ4v) is 2.42. The van der Waals surface area contributed by atoms with Crippen molar-refractivity contribution in [3.8, 4) is 0 Å². The molecule has 100 valence electrons. The maximum Gasteiger partial charge on any atom is 0.271 e. The molecule has 0 atom stereocenters. The summed E-state index contributed by atoms with van der Waals surface area (Å²) in [6.07, 6.45) is 0. The fourth-order valence-electron chi connectivity index (χ4n) is 1.59. The minimum atomic E-state index is -0.245. The van der Waals surface area contributed by atoms with Gasteiger partial charge in [0.15, 0.2) is 5.69 Å². The molecule has 0 aromatic carbocycles. The number of aryl methyl sites for hydroxylation is 2. The van der Waals surface area contributed by atoms with E-state index in [-0.39, 0.29) is 5.91 Å². The van der Waals surface area contributed by atoms with Crippen molar-refractivity contribution < 1.29 is 4.79 Å². The average molecular weight is 277 g/mol. The van der Waals surface area contributed by atoms with Crippen molar-refractivity contribution in [1.29, 1.82) is 0 Å². The minimum absolute atomic E-state index is 0.245. The smallest absolute Gasteiger partial charge is 0.271 e. The van der Waals surface area contributed by atoms with E-state index in [0.717, 1.165) is 10.7 Å². The summed E-state index contributed by atoms with van der Waals surface area (Å²) in [5, 5.41) is 14.5. The SMILES string of the molecule is CNC(=O)c1ccc(NCc2nc(C)sc2C)nn1. The Morgan fingerprint density at radius 2 is 2.11 bits per heavy atom. The third kappa shape index (κ3) is 3.25. The van der Waals surface area contributed by atoms with Crippen LogP contribution >= 0.6 is 11.3 Å². The van der Waals surface area contributed by atoms with Crippen LogP contribution in [0.3, 0.4) is 0 Å². The van der Waals surface area contributed by atoms with Gasteiger partial charge in [-0.05, 0) is 26.0 Å². The second-order valence-electron chi connectivity index (χ2n) is 3.97. The minimum Gasteiger partial charge on any atom is -0.363 e. The molecule has 19 heavy (non-hydrogen) atoms. The highest BCUT2D eigenvalue weighted by atomic mass is 32.1.